The van der Waals surface area contributed by atoms with Gasteiger partial charge >= 0.3 is 6.09 Å². The number of ether oxygens (including phenoxy) is 1. The number of nitrogens with one attached hydrogen (secondary N) is 2. The molecule has 0 bridgehead atoms. The van der Waals surface area contributed by atoms with Crippen molar-refractivity contribution in [2.75, 3.05) is 18.6 Å². The highest BCUT2D eigenvalue weighted by molar-refractivity contribution is 7.90. The zero-order valence-electron chi connectivity index (χ0n) is 15.0. The second kappa shape index (κ2) is 8.33. The summed E-state index contributed by atoms with van der Waals surface area (Å²) in [4.78, 5) is 11.8. The fourth-order valence-electron chi connectivity index (χ4n) is 3.07. The Bertz CT molecular complexity index is 485. The van der Waals surface area contributed by atoms with E-state index >= 15 is 0 Å². The lowest BCUT2D eigenvalue weighted by atomic mass is 9.84. The number of hydrogen-bond acceptors (Lipinski definition) is 5. The van der Waals surface area contributed by atoms with Gasteiger partial charge in [0.05, 0.1) is 5.75 Å². The second-order valence-electron chi connectivity index (χ2n) is 7.69. The molecule has 1 rings (SSSR count). The summed E-state index contributed by atoms with van der Waals surface area (Å²) in [7, 11) is -2.99. The van der Waals surface area contributed by atoms with Crippen LogP contribution in [0.5, 0.6) is 0 Å². The molecule has 7 heteroatoms. The van der Waals surface area contributed by atoms with E-state index in [0.717, 1.165) is 25.7 Å². The number of sulfone groups is 1. The highest BCUT2D eigenvalue weighted by Gasteiger charge is 2.28. The van der Waals surface area contributed by atoms with E-state index in [4.69, 9.17) is 4.74 Å². The third-order valence-electron chi connectivity index (χ3n) is 3.87. The minimum absolute atomic E-state index is 0.0860. The normalized spacial score (nSPS) is 24.0. The Labute approximate surface area is 140 Å². The summed E-state index contributed by atoms with van der Waals surface area (Å²) in [6.45, 7) is 7.96. The van der Waals surface area contributed by atoms with Crippen molar-refractivity contribution in [3.63, 3.8) is 0 Å². The largest absolute Gasteiger partial charge is 0.444 e. The molecule has 0 aliphatic heterocycles. The quantitative estimate of drug-likeness (QED) is 0.768. The van der Waals surface area contributed by atoms with Crippen molar-refractivity contribution >= 4 is 15.9 Å². The fourth-order valence-corrected chi connectivity index (χ4v) is 4.07. The number of hydrogen-bond donors (Lipinski definition) is 2. The van der Waals surface area contributed by atoms with Crippen molar-refractivity contribution in [1.29, 1.82) is 0 Å². The number of carbonyl (C=O) groups is 1. The summed E-state index contributed by atoms with van der Waals surface area (Å²) < 4.78 is 28.1. The highest BCUT2D eigenvalue weighted by Crippen LogP contribution is 2.24. The minimum atomic E-state index is -2.99. The Balaban J connectivity index is 2.50. The molecule has 3 atom stereocenters. The third-order valence-corrected chi connectivity index (χ3v) is 4.97. The predicted octanol–water partition coefficient (Wildman–Crippen LogP) is 2.09. The Hall–Kier alpha value is -0.820. The van der Waals surface area contributed by atoms with E-state index in [9.17, 15) is 13.2 Å². The molecule has 0 spiro atoms. The van der Waals surface area contributed by atoms with Crippen LogP contribution >= 0.6 is 0 Å². The number of carbonyl (C=O) groups excluding carboxylic acids is 1. The van der Waals surface area contributed by atoms with E-state index < -0.39 is 21.5 Å². The van der Waals surface area contributed by atoms with Gasteiger partial charge < -0.3 is 15.4 Å². The molecular formula is C16H32N2O4S. The summed E-state index contributed by atoms with van der Waals surface area (Å²) in [5.74, 6) is 0.439. The molecule has 0 radical (unpaired) electrons. The lowest BCUT2D eigenvalue weighted by molar-refractivity contribution is 0.0510. The predicted molar refractivity (Wildman–Crippen MR) is 92.3 cm³/mol. The van der Waals surface area contributed by atoms with Crippen LogP contribution in [0.1, 0.15) is 53.4 Å². The van der Waals surface area contributed by atoms with Crippen molar-refractivity contribution in [1.82, 2.24) is 10.6 Å². The van der Waals surface area contributed by atoms with Gasteiger partial charge in [-0.2, -0.15) is 0 Å². The molecule has 3 unspecified atom stereocenters. The van der Waals surface area contributed by atoms with Crippen molar-refractivity contribution in [2.45, 2.75) is 71.1 Å². The van der Waals surface area contributed by atoms with Crippen molar-refractivity contribution in [2.24, 2.45) is 5.92 Å². The van der Waals surface area contributed by atoms with Crippen LogP contribution in [0.25, 0.3) is 0 Å². The Kier molecular flexibility index (Phi) is 7.32. The van der Waals surface area contributed by atoms with E-state index in [0.29, 0.717) is 12.5 Å². The first-order valence-electron chi connectivity index (χ1n) is 8.37. The van der Waals surface area contributed by atoms with Crippen LogP contribution in [0.4, 0.5) is 4.79 Å². The molecule has 136 valence electrons. The van der Waals surface area contributed by atoms with Gasteiger partial charge in [0.2, 0.25) is 0 Å². The molecule has 0 aromatic carbocycles. The zero-order valence-corrected chi connectivity index (χ0v) is 15.8. The molecule has 0 aromatic rings. The average Bonchev–Trinajstić information content (AvgIpc) is 2.33. The van der Waals surface area contributed by atoms with Gasteiger partial charge in [0, 0.05) is 24.9 Å². The van der Waals surface area contributed by atoms with Gasteiger partial charge in [-0.3, -0.25) is 0 Å². The van der Waals surface area contributed by atoms with Crippen molar-refractivity contribution < 1.29 is 17.9 Å². The number of amides is 1. The summed E-state index contributed by atoms with van der Waals surface area (Å²) in [6.07, 6.45) is 5.17. The first kappa shape index (κ1) is 20.2. The summed E-state index contributed by atoms with van der Waals surface area (Å²) in [5, 5.41) is 6.27. The first-order valence-corrected chi connectivity index (χ1v) is 10.4. The molecule has 0 aromatic heterocycles. The maximum absolute atomic E-state index is 11.8. The molecule has 1 amide bonds. The van der Waals surface area contributed by atoms with Gasteiger partial charge in [-0.05, 0) is 46.5 Å². The summed E-state index contributed by atoms with van der Waals surface area (Å²) in [6, 6.07) is 0.146. The fraction of sp³-hybridized carbons (Fsp3) is 0.938. The molecule has 2 N–H and O–H groups in total. The number of alkyl carbamates (subject to hydrolysis) is 1. The molecule has 1 aliphatic rings. The minimum Gasteiger partial charge on any atom is -0.444 e. The van der Waals surface area contributed by atoms with Crippen LogP contribution in [0.3, 0.4) is 0 Å². The number of rotatable bonds is 6. The third kappa shape index (κ3) is 9.15. The standard InChI is InChI=1S/C16H32N2O4S/c1-12(11-23(5,20)21)18-14-9-7-6-8-13(14)10-17-15(19)22-16(2,3)4/h12-14,18H,6-11H2,1-5H3,(H,17,19). The lowest BCUT2D eigenvalue weighted by Crippen LogP contribution is -2.49. The van der Waals surface area contributed by atoms with Gasteiger partial charge in [-0.25, -0.2) is 13.2 Å². The smallest absolute Gasteiger partial charge is 0.407 e. The molecule has 0 heterocycles. The molecule has 1 fully saturated rings. The van der Waals surface area contributed by atoms with E-state index in [1.807, 2.05) is 27.7 Å². The first-order chi connectivity index (χ1) is 10.5. The van der Waals surface area contributed by atoms with E-state index in [1.54, 1.807) is 0 Å². The Morgan fingerprint density at radius 1 is 1.26 bits per heavy atom. The van der Waals surface area contributed by atoms with Gasteiger partial charge in [-0.1, -0.05) is 12.8 Å². The Morgan fingerprint density at radius 3 is 2.43 bits per heavy atom. The highest BCUT2D eigenvalue weighted by atomic mass is 32.2. The van der Waals surface area contributed by atoms with E-state index in [-0.39, 0.29) is 17.8 Å². The van der Waals surface area contributed by atoms with Crippen molar-refractivity contribution in [3.8, 4) is 0 Å². The van der Waals surface area contributed by atoms with Crippen LogP contribution in [0.15, 0.2) is 0 Å². The molecule has 6 nitrogen and oxygen atoms in total. The lowest BCUT2D eigenvalue weighted by Gasteiger charge is -2.34. The maximum atomic E-state index is 11.8. The molecule has 23 heavy (non-hydrogen) atoms. The van der Waals surface area contributed by atoms with Crippen LogP contribution in [-0.4, -0.2) is 50.7 Å². The van der Waals surface area contributed by atoms with Crippen LogP contribution in [0.2, 0.25) is 0 Å². The average molecular weight is 349 g/mol. The molecule has 1 saturated carbocycles. The van der Waals surface area contributed by atoms with Gasteiger partial charge in [0.25, 0.3) is 0 Å². The van der Waals surface area contributed by atoms with E-state index in [1.165, 1.54) is 6.26 Å². The van der Waals surface area contributed by atoms with Gasteiger partial charge in [-0.15, -0.1) is 0 Å². The van der Waals surface area contributed by atoms with Gasteiger partial charge in [0.15, 0.2) is 0 Å². The van der Waals surface area contributed by atoms with Crippen LogP contribution in [0, 0.1) is 5.92 Å². The van der Waals surface area contributed by atoms with Gasteiger partial charge in [0.1, 0.15) is 15.4 Å². The maximum Gasteiger partial charge on any atom is 0.407 e. The van der Waals surface area contributed by atoms with Crippen LogP contribution in [-0.2, 0) is 14.6 Å². The SMILES string of the molecule is CC(CS(C)(=O)=O)NC1CCCCC1CNC(=O)OC(C)(C)C. The molecule has 0 saturated heterocycles. The summed E-state index contributed by atoms with van der Waals surface area (Å²) >= 11 is 0. The topological polar surface area (TPSA) is 84.5 Å². The zero-order chi connectivity index (χ0) is 17.7. The Morgan fingerprint density at radius 2 is 1.87 bits per heavy atom. The monoisotopic (exact) mass is 348 g/mol. The molecule has 1 aliphatic carbocycles. The summed E-state index contributed by atoms with van der Waals surface area (Å²) in [5.41, 5.74) is -0.502. The molecular weight excluding hydrogens is 316 g/mol. The second-order valence-corrected chi connectivity index (χ2v) is 9.88. The van der Waals surface area contributed by atoms with Crippen LogP contribution < -0.4 is 10.6 Å². The van der Waals surface area contributed by atoms with E-state index in [2.05, 4.69) is 10.6 Å². The van der Waals surface area contributed by atoms with Crippen molar-refractivity contribution in [3.05, 3.63) is 0 Å².